The molecule has 240 valence electrons. The first-order chi connectivity index (χ1) is 18.8. The SMILES string of the molecule is CCCCC[C@@H](/C=C/C1C(C(O)CCCCCC(=O)OC)C(=O)C[C@H]1O[Si](C)(C)C(C)(C)C)O[Si](C)(C)C(C)(C)C. The number of ether oxygens (including phenoxy) is 1. The van der Waals surface area contributed by atoms with Crippen molar-refractivity contribution in [2.45, 2.75) is 167 Å². The quantitative estimate of drug-likeness (QED) is 0.0767. The Morgan fingerprint density at radius 3 is 2.07 bits per heavy atom. The van der Waals surface area contributed by atoms with E-state index in [4.69, 9.17) is 13.6 Å². The number of carbonyl (C=O) groups is 2. The lowest BCUT2D eigenvalue weighted by molar-refractivity contribution is -0.140. The number of ketones is 1. The van der Waals surface area contributed by atoms with Crippen molar-refractivity contribution in [1.82, 2.24) is 0 Å². The van der Waals surface area contributed by atoms with Gasteiger partial charge in [-0.1, -0.05) is 92.7 Å². The van der Waals surface area contributed by atoms with Crippen LogP contribution in [-0.4, -0.2) is 58.9 Å². The van der Waals surface area contributed by atoms with Gasteiger partial charge in [-0.3, -0.25) is 9.59 Å². The molecule has 41 heavy (non-hydrogen) atoms. The monoisotopic (exact) mass is 612 g/mol. The van der Waals surface area contributed by atoms with Crippen LogP contribution in [-0.2, 0) is 23.2 Å². The molecule has 5 atom stereocenters. The fraction of sp³-hybridized carbons (Fsp3) is 0.879. The molecule has 0 aromatic carbocycles. The van der Waals surface area contributed by atoms with Crippen LogP contribution in [0, 0.1) is 11.8 Å². The van der Waals surface area contributed by atoms with Crippen LogP contribution >= 0.6 is 0 Å². The van der Waals surface area contributed by atoms with E-state index >= 15 is 0 Å². The molecule has 0 bridgehead atoms. The Kier molecular flexibility index (Phi) is 15.2. The molecule has 1 N–H and O–H groups in total. The summed E-state index contributed by atoms with van der Waals surface area (Å²) < 4.78 is 18.5. The van der Waals surface area contributed by atoms with E-state index in [2.05, 4.69) is 86.8 Å². The summed E-state index contributed by atoms with van der Waals surface area (Å²) in [6.45, 7) is 24.7. The Labute approximate surface area is 254 Å². The standard InChI is InChI=1S/C33H64O6Si2/c1-13-14-16-19-25(38-40(9,10)32(2,3)4)22-23-26-29(39-41(11,12)33(5,6)7)24-28(35)31(26)27(34)20-17-15-18-21-30(36)37-8/h22-23,25-27,29,31,34H,13-21,24H2,1-12H3/b23-22+/t25-,26?,27?,29+,31?/m0/s1. The summed E-state index contributed by atoms with van der Waals surface area (Å²) >= 11 is 0. The third kappa shape index (κ3) is 12.0. The third-order valence-electron chi connectivity index (χ3n) is 9.79. The van der Waals surface area contributed by atoms with Crippen molar-refractivity contribution in [3.63, 3.8) is 0 Å². The molecule has 6 nitrogen and oxygen atoms in total. The van der Waals surface area contributed by atoms with E-state index in [0.717, 1.165) is 38.5 Å². The van der Waals surface area contributed by atoms with Gasteiger partial charge in [0, 0.05) is 18.8 Å². The fourth-order valence-corrected chi connectivity index (χ4v) is 7.64. The van der Waals surface area contributed by atoms with E-state index in [9.17, 15) is 14.7 Å². The third-order valence-corrected chi connectivity index (χ3v) is 18.8. The molecule has 0 aromatic rings. The predicted molar refractivity (Wildman–Crippen MR) is 175 cm³/mol. The lowest BCUT2D eigenvalue weighted by Gasteiger charge is -2.40. The largest absolute Gasteiger partial charge is 0.469 e. The first-order valence-corrected chi connectivity index (χ1v) is 21.9. The van der Waals surface area contributed by atoms with Crippen molar-refractivity contribution in [1.29, 1.82) is 0 Å². The highest BCUT2D eigenvalue weighted by molar-refractivity contribution is 6.74. The summed E-state index contributed by atoms with van der Waals surface area (Å²) in [5, 5.41) is 11.5. The van der Waals surface area contributed by atoms with Crippen LogP contribution in [0.3, 0.4) is 0 Å². The van der Waals surface area contributed by atoms with Crippen molar-refractivity contribution in [3.05, 3.63) is 12.2 Å². The minimum Gasteiger partial charge on any atom is -0.469 e. The van der Waals surface area contributed by atoms with Gasteiger partial charge in [-0.2, -0.15) is 0 Å². The number of hydrogen-bond donors (Lipinski definition) is 1. The van der Waals surface area contributed by atoms with Gasteiger partial charge in [0.15, 0.2) is 16.6 Å². The van der Waals surface area contributed by atoms with Gasteiger partial charge in [-0.15, -0.1) is 0 Å². The molecule has 1 rings (SSSR count). The van der Waals surface area contributed by atoms with Gasteiger partial charge in [0.1, 0.15) is 5.78 Å². The average Bonchev–Trinajstić information content (AvgIpc) is 3.14. The molecule has 1 aliphatic rings. The van der Waals surface area contributed by atoms with E-state index in [1.807, 2.05) is 0 Å². The Morgan fingerprint density at radius 2 is 1.54 bits per heavy atom. The number of aliphatic hydroxyl groups is 1. The zero-order valence-electron chi connectivity index (χ0n) is 28.6. The van der Waals surface area contributed by atoms with E-state index in [-0.39, 0.29) is 40.0 Å². The second kappa shape index (κ2) is 16.3. The van der Waals surface area contributed by atoms with Crippen molar-refractivity contribution in [2.75, 3.05) is 7.11 Å². The molecule has 0 spiro atoms. The first kappa shape index (κ1) is 38.2. The van der Waals surface area contributed by atoms with Gasteiger partial charge in [0.25, 0.3) is 0 Å². The van der Waals surface area contributed by atoms with Crippen molar-refractivity contribution < 1.29 is 28.3 Å². The van der Waals surface area contributed by atoms with Gasteiger partial charge < -0.3 is 18.7 Å². The summed E-state index contributed by atoms with van der Waals surface area (Å²) in [6, 6.07) is 0. The number of Topliss-reactive ketones (excluding diaryl/α,β-unsaturated/α-hetero) is 1. The smallest absolute Gasteiger partial charge is 0.305 e. The number of aliphatic hydroxyl groups excluding tert-OH is 1. The molecule has 0 aliphatic heterocycles. The number of esters is 1. The molecule has 8 heteroatoms. The Morgan fingerprint density at radius 1 is 0.951 bits per heavy atom. The topological polar surface area (TPSA) is 82.1 Å². The maximum atomic E-state index is 13.5. The zero-order chi connectivity index (χ0) is 31.6. The zero-order valence-corrected chi connectivity index (χ0v) is 30.6. The highest BCUT2D eigenvalue weighted by Crippen LogP contribution is 2.44. The molecular weight excluding hydrogens is 549 g/mol. The van der Waals surface area contributed by atoms with Crippen molar-refractivity contribution >= 4 is 28.4 Å². The molecule has 0 amide bonds. The Balaban J connectivity index is 3.24. The molecule has 1 aliphatic carbocycles. The molecule has 1 fully saturated rings. The Hall–Kier alpha value is -0.806. The summed E-state index contributed by atoms with van der Waals surface area (Å²) in [5.41, 5.74) is 0. The molecule has 0 aromatic heterocycles. The molecule has 0 saturated heterocycles. The predicted octanol–water partition coefficient (Wildman–Crippen LogP) is 8.59. The Bertz CT molecular complexity index is 840. The maximum absolute atomic E-state index is 13.5. The fourth-order valence-electron chi connectivity index (χ4n) is 4.99. The van der Waals surface area contributed by atoms with Gasteiger partial charge in [0.2, 0.25) is 0 Å². The van der Waals surface area contributed by atoms with E-state index < -0.39 is 28.7 Å². The van der Waals surface area contributed by atoms with Gasteiger partial charge in [-0.25, -0.2) is 0 Å². The van der Waals surface area contributed by atoms with Crippen molar-refractivity contribution in [2.24, 2.45) is 11.8 Å². The second-order valence-electron chi connectivity index (χ2n) is 15.2. The molecule has 0 radical (unpaired) electrons. The number of carbonyl (C=O) groups excluding carboxylic acids is 2. The molecule has 3 unspecified atom stereocenters. The van der Waals surface area contributed by atoms with E-state index in [0.29, 0.717) is 19.3 Å². The van der Waals surface area contributed by atoms with Crippen LogP contribution in [0.15, 0.2) is 12.2 Å². The minimum atomic E-state index is -2.14. The van der Waals surface area contributed by atoms with Crippen molar-refractivity contribution in [3.8, 4) is 0 Å². The highest BCUT2D eigenvalue weighted by Gasteiger charge is 2.49. The normalized spacial score (nSPS) is 22.4. The molecular formula is C33H64O6Si2. The van der Waals surface area contributed by atoms with Crippen LogP contribution in [0.1, 0.15) is 113 Å². The summed E-state index contributed by atoms with van der Waals surface area (Å²) in [7, 11) is -2.73. The number of unbranched alkanes of at least 4 members (excludes halogenated alkanes) is 4. The van der Waals surface area contributed by atoms with Crippen LogP contribution < -0.4 is 0 Å². The lowest BCUT2D eigenvalue weighted by Crippen LogP contribution is -2.45. The first-order valence-electron chi connectivity index (χ1n) is 16.1. The highest BCUT2D eigenvalue weighted by atomic mass is 28.4. The molecule has 1 saturated carbocycles. The summed E-state index contributed by atoms with van der Waals surface area (Å²) in [5.74, 6) is -0.775. The average molecular weight is 613 g/mol. The summed E-state index contributed by atoms with van der Waals surface area (Å²) in [4.78, 5) is 24.9. The van der Waals surface area contributed by atoms with E-state index in [1.165, 1.54) is 13.5 Å². The molecule has 0 heterocycles. The van der Waals surface area contributed by atoms with Gasteiger partial charge in [-0.05, 0) is 55.5 Å². The van der Waals surface area contributed by atoms with Crippen LogP contribution in [0.2, 0.25) is 36.3 Å². The maximum Gasteiger partial charge on any atom is 0.305 e. The van der Waals surface area contributed by atoms with Crippen LogP contribution in [0.5, 0.6) is 0 Å². The lowest BCUT2D eigenvalue weighted by atomic mass is 9.86. The summed E-state index contributed by atoms with van der Waals surface area (Å²) in [6.07, 6.45) is 11.3. The van der Waals surface area contributed by atoms with Gasteiger partial charge >= 0.3 is 5.97 Å². The second-order valence-corrected chi connectivity index (χ2v) is 24.7. The van der Waals surface area contributed by atoms with E-state index in [1.54, 1.807) is 0 Å². The van der Waals surface area contributed by atoms with Gasteiger partial charge in [0.05, 0.1) is 31.3 Å². The van der Waals surface area contributed by atoms with Crippen LogP contribution in [0.25, 0.3) is 0 Å². The van der Waals surface area contributed by atoms with Crippen LogP contribution in [0.4, 0.5) is 0 Å². The number of rotatable bonds is 17. The number of hydrogen-bond acceptors (Lipinski definition) is 6. The number of methoxy groups -OCH3 is 1. The minimum absolute atomic E-state index is 0.0113.